The number of hydrogen-bond donors (Lipinski definition) is 3. The molecule has 22 heavy (non-hydrogen) atoms. The van der Waals surface area contributed by atoms with Gasteiger partial charge in [-0.15, -0.1) is 0 Å². The zero-order chi connectivity index (χ0) is 16.3. The molecule has 0 atom stereocenters. The number of phenols is 1. The van der Waals surface area contributed by atoms with Gasteiger partial charge >= 0.3 is 12.0 Å². The number of aromatic hydroxyl groups is 1. The normalized spacial score (nSPS) is 16.0. The van der Waals surface area contributed by atoms with Gasteiger partial charge in [-0.05, 0) is 30.7 Å². The number of nitrogens with one attached hydrogen (secondary N) is 1. The SMILES string of the molecule is CCOc1cc(C=C2NC(=O)N(CC(=O)O)C2=O)ccc1O. The maximum atomic E-state index is 12.0. The number of carbonyl (C=O) groups excluding carboxylic acids is 2. The van der Waals surface area contributed by atoms with Gasteiger partial charge in [0.05, 0.1) is 6.61 Å². The van der Waals surface area contributed by atoms with E-state index in [9.17, 15) is 19.5 Å². The third kappa shape index (κ3) is 3.17. The Morgan fingerprint density at radius 3 is 2.77 bits per heavy atom. The standard InChI is InChI=1S/C14H14N2O6/c1-2-22-11-6-8(3-4-10(11)17)5-9-13(20)16(7-12(18)19)14(21)15-9/h3-6,17H,2,7H2,1H3,(H,15,21)(H,18,19). The molecule has 1 aromatic rings. The van der Waals surface area contributed by atoms with Crippen molar-refractivity contribution in [1.82, 2.24) is 10.2 Å². The van der Waals surface area contributed by atoms with Gasteiger partial charge in [-0.2, -0.15) is 0 Å². The molecule has 8 heteroatoms. The number of phenolic OH excluding ortho intramolecular Hbond substituents is 1. The molecule has 1 heterocycles. The van der Waals surface area contributed by atoms with Crippen molar-refractivity contribution in [3.05, 3.63) is 29.5 Å². The van der Waals surface area contributed by atoms with Crippen molar-refractivity contribution < 1.29 is 29.3 Å². The van der Waals surface area contributed by atoms with Gasteiger partial charge in [-0.25, -0.2) is 9.69 Å². The summed E-state index contributed by atoms with van der Waals surface area (Å²) in [6, 6.07) is 3.64. The lowest BCUT2D eigenvalue weighted by Gasteiger charge is -2.07. The molecule has 1 aromatic carbocycles. The fourth-order valence-electron chi connectivity index (χ4n) is 1.91. The van der Waals surface area contributed by atoms with Crippen LogP contribution in [-0.4, -0.2) is 46.2 Å². The summed E-state index contributed by atoms with van der Waals surface area (Å²) in [6.07, 6.45) is 1.38. The second-order valence-corrected chi connectivity index (χ2v) is 4.43. The largest absolute Gasteiger partial charge is 0.504 e. The van der Waals surface area contributed by atoms with Crippen molar-refractivity contribution in [2.45, 2.75) is 6.92 Å². The average Bonchev–Trinajstić information content (AvgIpc) is 2.70. The topological polar surface area (TPSA) is 116 Å². The van der Waals surface area contributed by atoms with Crippen LogP contribution >= 0.6 is 0 Å². The first-order valence-corrected chi connectivity index (χ1v) is 6.44. The van der Waals surface area contributed by atoms with Crippen LogP contribution in [-0.2, 0) is 9.59 Å². The van der Waals surface area contributed by atoms with E-state index in [0.29, 0.717) is 17.1 Å². The van der Waals surface area contributed by atoms with Gasteiger partial charge in [0.1, 0.15) is 12.2 Å². The molecule has 3 amide bonds. The predicted molar refractivity (Wildman–Crippen MR) is 75.1 cm³/mol. The van der Waals surface area contributed by atoms with E-state index >= 15 is 0 Å². The predicted octanol–water partition coefficient (Wildman–Crippen LogP) is 0.768. The first-order valence-electron chi connectivity index (χ1n) is 6.44. The van der Waals surface area contributed by atoms with Crippen LogP contribution in [0.5, 0.6) is 11.5 Å². The number of ether oxygens (including phenoxy) is 1. The van der Waals surface area contributed by atoms with Crippen molar-refractivity contribution in [3.63, 3.8) is 0 Å². The Labute approximate surface area is 125 Å². The van der Waals surface area contributed by atoms with Crippen LogP contribution in [0.2, 0.25) is 0 Å². The van der Waals surface area contributed by atoms with Gasteiger partial charge in [0.15, 0.2) is 11.5 Å². The van der Waals surface area contributed by atoms with Gasteiger partial charge in [-0.3, -0.25) is 9.59 Å². The molecule has 0 bridgehead atoms. The summed E-state index contributed by atoms with van der Waals surface area (Å²) in [4.78, 5) is 34.8. The number of nitrogens with zero attached hydrogens (tertiary/aromatic N) is 1. The van der Waals surface area contributed by atoms with E-state index in [-0.39, 0.29) is 17.2 Å². The monoisotopic (exact) mass is 306 g/mol. The number of benzene rings is 1. The van der Waals surface area contributed by atoms with Crippen LogP contribution in [0.1, 0.15) is 12.5 Å². The molecule has 0 aromatic heterocycles. The highest BCUT2D eigenvalue weighted by Crippen LogP contribution is 2.28. The zero-order valence-electron chi connectivity index (χ0n) is 11.7. The van der Waals surface area contributed by atoms with E-state index in [0.717, 1.165) is 0 Å². The van der Waals surface area contributed by atoms with Crippen LogP contribution in [0.25, 0.3) is 6.08 Å². The second-order valence-electron chi connectivity index (χ2n) is 4.43. The number of carbonyl (C=O) groups is 3. The summed E-state index contributed by atoms with van der Waals surface area (Å²) < 4.78 is 5.22. The molecule has 116 valence electrons. The fraction of sp³-hybridized carbons (Fsp3) is 0.214. The minimum absolute atomic E-state index is 0.0422. The van der Waals surface area contributed by atoms with E-state index in [2.05, 4.69) is 5.32 Å². The lowest BCUT2D eigenvalue weighted by molar-refractivity contribution is -0.140. The van der Waals surface area contributed by atoms with Crippen LogP contribution in [0.4, 0.5) is 4.79 Å². The molecule has 0 unspecified atom stereocenters. The lowest BCUT2D eigenvalue weighted by atomic mass is 10.1. The van der Waals surface area contributed by atoms with E-state index in [1.807, 2.05) is 0 Å². The molecule has 2 rings (SSSR count). The van der Waals surface area contributed by atoms with Gasteiger partial charge in [0, 0.05) is 0 Å². The molecular weight excluding hydrogens is 292 g/mol. The quantitative estimate of drug-likeness (QED) is 0.546. The van der Waals surface area contributed by atoms with Crippen LogP contribution in [0.15, 0.2) is 23.9 Å². The first kappa shape index (κ1) is 15.4. The third-order valence-corrected chi connectivity index (χ3v) is 2.85. The lowest BCUT2D eigenvalue weighted by Crippen LogP contribution is -2.35. The number of carboxylic acids is 1. The van der Waals surface area contributed by atoms with Crippen molar-refractivity contribution in [1.29, 1.82) is 0 Å². The number of aliphatic carboxylic acids is 1. The Balaban J connectivity index is 2.26. The third-order valence-electron chi connectivity index (χ3n) is 2.85. The Morgan fingerprint density at radius 1 is 1.41 bits per heavy atom. The van der Waals surface area contributed by atoms with Gasteiger partial charge in [0.2, 0.25) is 0 Å². The molecule has 1 aliphatic rings. The summed E-state index contributed by atoms with van der Waals surface area (Å²) >= 11 is 0. The highest BCUT2D eigenvalue weighted by atomic mass is 16.5. The first-order chi connectivity index (χ1) is 10.4. The molecule has 8 nitrogen and oxygen atoms in total. The van der Waals surface area contributed by atoms with E-state index in [4.69, 9.17) is 9.84 Å². The van der Waals surface area contributed by atoms with Crippen LogP contribution < -0.4 is 10.1 Å². The van der Waals surface area contributed by atoms with E-state index in [1.165, 1.54) is 24.3 Å². The highest BCUT2D eigenvalue weighted by molar-refractivity contribution is 6.15. The number of carboxylic acid groups (broad SMARTS) is 1. The molecule has 0 aliphatic carbocycles. The smallest absolute Gasteiger partial charge is 0.329 e. The fourth-order valence-corrected chi connectivity index (χ4v) is 1.91. The number of hydrogen-bond acceptors (Lipinski definition) is 5. The molecule has 0 spiro atoms. The summed E-state index contributed by atoms with van der Waals surface area (Å²) in [5.74, 6) is -1.80. The Kier molecular flexibility index (Phi) is 4.31. The van der Waals surface area contributed by atoms with Gasteiger partial charge < -0.3 is 20.3 Å². The Hall–Kier alpha value is -3.03. The Morgan fingerprint density at radius 2 is 2.14 bits per heavy atom. The molecule has 0 saturated carbocycles. The number of amides is 3. The van der Waals surface area contributed by atoms with Crippen molar-refractivity contribution >= 4 is 24.0 Å². The maximum absolute atomic E-state index is 12.0. The number of urea groups is 1. The Bertz CT molecular complexity index is 667. The molecule has 1 fully saturated rings. The van der Waals surface area contributed by atoms with Crippen LogP contribution in [0.3, 0.4) is 0 Å². The zero-order valence-corrected chi connectivity index (χ0v) is 11.7. The molecule has 0 radical (unpaired) electrons. The summed E-state index contributed by atoms with van der Waals surface area (Å²) in [6.45, 7) is 1.41. The van der Waals surface area contributed by atoms with Gasteiger partial charge in [-0.1, -0.05) is 6.07 Å². The van der Waals surface area contributed by atoms with Crippen LogP contribution in [0, 0.1) is 0 Å². The molecule has 1 saturated heterocycles. The van der Waals surface area contributed by atoms with E-state index < -0.39 is 24.5 Å². The minimum atomic E-state index is -1.28. The van der Waals surface area contributed by atoms with Crippen molar-refractivity contribution in [3.8, 4) is 11.5 Å². The van der Waals surface area contributed by atoms with Crippen molar-refractivity contribution in [2.75, 3.05) is 13.2 Å². The summed E-state index contributed by atoms with van der Waals surface area (Å²) in [7, 11) is 0. The number of rotatable bonds is 5. The second kappa shape index (κ2) is 6.17. The molecule has 3 N–H and O–H groups in total. The average molecular weight is 306 g/mol. The highest BCUT2D eigenvalue weighted by Gasteiger charge is 2.34. The summed E-state index contributed by atoms with van der Waals surface area (Å²) in [5, 5.41) is 20.6. The van der Waals surface area contributed by atoms with Gasteiger partial charge in [0.25, 0.3) is 5.91 Å². The van der Waals surface area contributed by atoms with E-state index in [1.54, 1.807) is 6.92 Å². The minimum Gasteiger partial charge on any atom is -0.504 e. The maximum Gasteiger partial charge on any atom is 0.329 e. The molecular formula is C14H14N2O6. The molecule has 1 aliphatic heterocycles. The van der Waals surface area contributed by atoms with Crippen molar-refractivity contribution in [2.24, 2.45) is 0 Å². The number of imide groups is 1. The summed E-state index contributed by atoms with van der Waals surface area (Å²) in [5.41, 5.74) is 0.474.